The minimum absolute atomic E-state index is 0.0183. The smallest absolute Gasteiger partial charge is 0.203 e. The van der Waals surface area contributed by atoms with Crippen molar-refractivity contribution in [1.29, 1.82) is 0 Å². The van der Waals surface area contributed by atoms with Crippen LogP contribution in [-0.2, 0) is 27.4 Å². The van der Waals surface area contributed by atoms with Gasteiger partial charge in [-0.1, -0.05) is 91.9 Å². The lowest BCUT2D eigenvalue weighted by Crippen LogP contribution is -2.46. The van der Waals surface area contributed by atoms with Crippen LogP contribution >= 0.6 is 11.3 Å². The third-order valence-corrected chi connectivity index (χ3v) is 9.47. The van der Waals surface area contributed by atoms with Crippen molar-refractivity contribution in [2.45, 2.75) is 71.2 Å². The van der Waals surface area contributed by atoms with Gasteiger partial charge in [0.2, 0.25) is 5.78 Å². The molecule has 0 aliphatic carbocycles. The van der Waals surface area contributed by atoms with Crippen LogP contribution in [0.4, 0.5) is 0 Å². The Morgan fingerprint density at radius 2 is 1.47 bits per heavy atom. The van der Waals surface area contributed by atoms with Gasteiger partial charge in [0, 0.05) is 16.7 Å². The maximum absolute atomic E-state index is 13.9. The van der Waals surface area contributed by atoms with Gasteiger partial charge in [0.25, 0.3) is 0 Å². The van der Waals surface area contributed by atoms with E-state index >= 15 is 0 Å². The van der Waals surface area contributed by atoms with Crippen LogP contribution < -0.4 is 0 Å². The van der Waals surface area contributed by atoms with Crippen LogP contribution in [0.3, 0.4) is 0 Å². The zero-order chi connectivity index (χ0) is 29.8. The van der Waals surface area contributed by atoms with E-state index in [2.05, 4.69) is 56.3 Å². The molecule has 4 aromatic carbocycles. The first-order valence-corrected chi connectivity index (χ1v) is 15.9. The van der Waals surface area contributed by atoms with Crippen LogP contribution in [0.5, 0.6) is 0 Å². The third-order valence-electron chi connectivity index (χ3n) is 8.36. The van der Waals surface area contributed by atoms with Gasteiger partial charge in [-0.05, 0) is 71.7 Å². The summed E-state index contributed by atoms with van der Waals surface area (Å²) in [4.78, 5) is 14.7. The Labute approximate surface area is 258 Å². The van der Waals surface area contributed by atoms with E-state index in [0.717, 1.165) is 55.6 Å². The van der Waals surface area contributed by atoms with Gasteiger partial charge < -0.3 is 14.2 Å². The van der Waals surface area contributed by atoms with Gasteiger partial charge >= 0.3 is 0 Å². The first-order chi connectivity index (χ1) is 21.0. The molecule has 0 spiro atoms. The number of rotatable bonds is 10. The van der Waals surface area contributed by atoms with Crippen molar-refractivity contribution in [2.24, 2.45) is 0 Å². The molecule has 0 bridgehead atoms. The van der Waals surface area contributed by atoms with E-state index in [1.165, 1.54) is 0 Å². The number of carbonyl (C=O) groups excluding carboxylic acids is 1. The molecular weight excluding hydrogens is 552 g/mol. The molecule has 1 fully saturated rings. The minimum Gasteiger partial charge on any atom is -0.371 e. The molecule has 5 heteroatoms. The fourth-order valence-electron chi connectivity index (χ4n) is 5.99. The molecule has 1 saturated heterocycles. The Morgan fingerprint density at radius 1 is 0.814 bits per heavy atom. The third kappa shape index (κ3) is 6.66. The normalized spacial score (nSPS) is 20.3. The van der Waals surface area contributed by atoms with Gasteiger partial charge in [-0.15, -0.1) is 11.3 Å². The first-order valence-electron chi connectivity index (χ1n) is 15.1. The highest BCUT2D eigenvalue weighted by molar-refractivity contribution is 7.21. The molecule has 0 radical (unpaired) electrons. The molecular formula is C38H38O4S. The Kier molecular flexibility index (Phi) is 9.15. The molecule has 43 heavy (non-hydrogen) atoms. The van der Waals surface area contributed by atoms with Crippen molar-refractivity contribution in [3.8, 4) is 0 Å². The summed E-state index contributed by atoms with van der Waals surface area (Å²) in [5, 5.41) is 1.09. The average Bonchev–Trinajstić information content (AvgIpc) is 3.48. The van der Waals surface area contributed by atoms with E-state index in [-0.39, 0.29) is 30.2 Å². The van der Waals surface area contributed by atoms with Crippen molar-refractivity contribution in [3.05, 3.63) is 141 Å². The Hall–Kier alpha value is -3.61. The number of ketones is 1. The molecule has 1 aromatic heterocycles. The molecule has 1 aliphatic heterocycles. The molecule has 1 aliphatic rings. The Morgan fingerprint density at radius 3 is 2.14 bits per heavy atom. The van der Waals surface area contributed by atoms with Crippen molar-refractivity contribution in [3.63, 3.8) is 0 Å². The monoisotopic (exact) mass is 590 g/mol. The predicted octanol–water partition coefficient (Wildman–Crippen LogP) is 9.16. The second-order valence-electron chi connectivity index (χ2n) is 11.4. The van der Waals surface area contributed by atoms with E-state index < -0.39 is 0 Å². The van der Waals surface area contributed by atoms with Crippen molar-refractivity contribution in [2.75, 3.05) is 0 Å². The lowest BCUT2D eigenvalue weighted by Gasteiger charge is -2.42. The largest absolute Gasteiger partial charge is 0.371 e. The first kappa shape index (κ1) is 29.5. The molecule has 6 rings (SSSR count). The van der Waals surface area contributed by atoms with E-state index in [1.54, 1.807) is 11.3 Å². The summed E-state index contributed by atoms with van der Waals surface area (Å²) in [5.41, 5.74) is 5.97. The Bertz CT molecular complexity index is 1640. The fraction of sp³-hybridized carbons (Fsp3) is 0.289. The molecule has 0 amide bonds. The summed E-state index contributed by atoms with van der Waals surface area (Å²) < 4.78 is 21.3. The molecule has 0 unspecified atom stereocenters. The highest BCUT2D eigenvalue weighted by Gasteiger charge is 2.41. The van der Waals surface area contributed by atoms with Gasteiger partial charge in [0.1, 0.15) is 12.2 Å². The fourth-order valence-corrected chi connectivity index (χ4v) is 7.01. The molecule has 2 heterocycles. The SMILES string of the molecule is CC[C@@H]1C[C@H](OCc2ccccc2)[C@@H](OCc2ccccc2)[C@H](c2cc(C(=O)c3cc4ccccc4s3)c(C)cc2C)O1. The zero-order valence-corrected chi connectivity index (χ0v) is 25.8. The van der Waals surface area contributed by atoms with E-state index in [9.17, 15) is 4.79 Å². The number of thiophene rings is 1. The number of hydrogen-bond acceptors (Lipinski definition) is 5. The summed E-state index contributed by atoms with van der Waals surface area (Å²) in [6.45, 7) is 7.22. The summed E-state index contributed by atoms with van der Waals surface area (Å²) in [6, 6.07) is 34.8. The molecule has 220 valence electrons. The molecule has 0 saturated carbocycles. The van der Waals surface area contributed by atoms with Crippen LogP contribution in [0.25, 0.3) is 10.1 Å². The lowest BCUT2D eigenvalue weighted by molar-refractivity contribution is -0.211. The van der Waals surface area contributed by atoms with Crippen molar-refractivity contribution < 1.29 is 19.0 Å². The highest BCUT2D eigenvalue weighted by atomic mass is 32.1. The number of hydrogen-bond donors (Lipinski definition) is 0. The van der Waals surface area contributed by atoms with Crippen molar-refractivity contribution in [1.82, 2.24) is 0 Å². The zero-order valence-electron chi connectivity index (χ0n) is 25.0. The van der Waals surface area contributed by atoms with E-state index in [0.29, 0.717) is 18.8 Å². The summed E-state index contributed by atoms with van der Waals surface area (Å²) in [6.07, 6.45) is 0.738. The van der Waals surface area contributed by atoms with Crippen LogP contribution in [0.1, 0.15) is 68.9 Å². The maximum atomic E-state index is 13.9. The quantitative estimate of drug-likeness (QED) is 0.152. The highest BCUT2D eigenvalue weighted by Crippen LogP contribution is 2.40. The van der Waals surface area contributed by atoms with Gasteiger partial charge in [-0.3, -0.25) is 4.79 Å². The second kappa shape index (κ2) is 13.4. The van der Waals surface area contributed by atoms with Crippen LogP contribution in [-0.4, -0.2) is 24.1 Å². The van der Waals surface area contributed by atoms with Gasteiger partial charge in [0.15, 0.2) is 0 Å². The molecule has 5 aromatic rings. The average molecular weight is 591 g/mol. The number of ether oxygens (including phenoxy) is 3. The summed E-state index contributed by atoms with van der Waals surface area (Å²) >= 11 is 1.54. The van der Waals surface area contributed by atoms with Crippen LogP contribution in [0.2, 0.25) is 0 Å². The number of aryl methyl sites for hydroxylation is 2. The molecule has 0 N–H and O–H groups in total. The number of carbonyl (C=O) groups is 1. The minimum atomic E-state index is -0.377. The topological polar surface area (TPSA) is 44.8 Å². The number of fused-ring (bicyclic) bond motifs is 1. The maximum Gasteiger partial charge on any atom is 0.203 e. The van der Waals surface area contributed by atoms with Gasteiger partial charge in [0.05, 0.1) is 30.3 Å². The summed E-state index contributed by atoms with van der Waals surface area (Å²) in [5.74, 6) is 0.0430. The van der Waals surface area contributed by atoms with Crippen LogP contribution in [0.15, 0.2) is 103 Å². The molecule has 4 nitrogen and oxygen atoms in total. The second-order valence-corrected chi connectivity index (χ2v) is 12.5. The van der Waals surface area contributed by atoms with Crippen LogP contribution in [0, 0.1) is 13.8 Å². The number of benzene rings is 4. The van der Waals surface area contributed by atoms with Gasteiger partial charge in [-0.25, -0.2) is 0 Å². The van der Waals surface area contributed by atoms with Gasteiger partial charge in [-0.2, -0.15) is 0 Å². The summed E-state index contributed by atoms with van der Waals surface area (Å²) in [7, 11) is 0. The standard InChI is InChI=1S/C38H38O4S/c1-4-30-21-33(40-23-27-13-7-5-8-14-27)38(41-24-28-15-9-6-10-16-28)37(42-30)32-22-31(25(2)19-26(32)3)36(39)35-20-29-17-11-12-18-34(29)43-35/h5-20,22,30,33,37-38H,4,21,23-24H2,1-3H3/t30-,33+,37+,38-/m1/s1. The van der Waals surface area contributed by atoms with Crippen molar-refractivity contribution >= 4 is 27.2 Å². The predicted molar refractivity (Wildman–Crippen MR) is 174 cm³/mol. The molecule has 4 atom stereocenters. The lowest BCUT2D eigenvalue weighted by atomic mass is 9.87. The van der Waals surface area contributed by atoms with E-state index in [1.807, 2.05) is 67.6 Å². The van der Waals surface area contributed by atoms with E-state index in [4.69, 9.17) is 14.2 Å². The Balaban J connectivity index is 1.35.